The van der Waals surface area contributed by atoms with Gasteiger partial charge in [0.1, 0.15) is 19.0 Å². The van der Waals surface area contributed by atoms with Gasteiger partial charge in [-0.1, -0.05) is 12.1 Å². The summed E-state index contributed by atoms with van der Waals surface area (Å²) in [4.78, 5) is 11.6. The van der Waals surface area contributed by atoms with Crippen LogP contribution in [0.25, 0.3) is 11.1 Å². The summed E-state index contributed by atoms with van der Waals surface area (Å²) in [5.41, 5.74) is 2.83. The summed E-state index contributed by atoms with van der Waals surface area (Å²) >= 11 is 0. The standard InChI is InChI=1S/C21H16FNO4/c22-15-3-5-16(6-4-15)23-18-11-13(1-7-17(18)21(24)25)14-2-8-19-20(12-14)27-10-9-26-19/h1-8,11-12,23H,9-10H2,(H,24,25). The molecule has 1 aliphatic rings. The fourth-order valence-corrected chi connectivity index (χ4v) is 2.93. The lowest BCUT2D eigenvalue weighted by Crippen LogP contribution is -2.15. The van der Waals surface area contributed by atoms with E-state index in [1.165, 1.54) is 12.1 Å². The zero-order chi connectivity index (χ0) is 18.8. The second-order valence-electron chi connectivity index (χ2n) is 6.06. The number of carboxylic acids is 1. The lowest BCUT2D eigenvalue weighted by Gasteiger charge is -2.19. The van der Waals surface area contributed by atoms with Crippen molar-refractivity contribution in [2.75, 3.05) is 18.5 Å². The van der Waals surface area contributed by atoms with Gasteiger partial charge >= 0.3 is 5.97 Å². The second kappa shape index (κ2) is 6.99. The van der Waals surface area contributed by atoms with Crippen LogP contribution in [0.15, 0.2) is 60.7 Å². The minimum absolute atomic E-state index is 0.126. The first-order valence-electron chi connectivity index (χ1n) is 8.40. The van der Waals surface area contributed by atoms with Gasteiger partial charge in [-0.05, 0) is 59.7 Å². The van der Waals surface area contributed by atoms with Crippen LogP contribution < -0.4 is 14.8 Å². The van der Waals surface area contributed by atoms with Crippen LogP contribution in [0.1, 0.15) is 10.4 Å². The number of aromatic carboxylic acids is 1. The average Bonchev–Trinajstić information content (AvgIpc) is 2.69. The highest BCUT2D eigenvalue weighted by Gasteiger charge is 2.15. The quantitative estimate of drug-likeness (QED) is 0.701. The van der Waals surface area contributed by atoms with Crippen LogP contribution in [0.2, 0.25) is 0 Å². The number of hydrogen-bond acceptors (Lipinski definition) is 4. The van der Waals surface area contributed by atoms with Gasteiger partial charge in [0, 0.05) is 5.69 Å². The van der Waals surface area contributed by atoms with Crippen LogP contribution in [0.4, 0.5) is 15.8 Å². The molecule has 27 heavy (non-hydrogen) atoms. The molecule has 6 heteroatoms. The molecule has 136 valence electrons. The Balaban J connectivity index is 1.72. The predicted molar refractivity (Wildman–Crippen MR) is 99.5 cm³/mol. The van der Waals surface area contributed by atoms with Crippen LogP contribution >= 0.6 is 0 Å². The van der Waals surface area contributed by atoms with Crippen LogP contribution in [0.3, 0.4) is 0 Å². The highest BCUT2D eigenvalue weighted by molar-refractivity contribution is 5.96. The molecule has 4 rings (SSSR count). The molecule has 0 spiro atoms. The molecule has 1 aliphatic heterocycles. The van der Waals surface area contributed by atoms with Crippen molar-refractivity contribution in [3.05, 3.63) is 72.0 Å². The van der Waals surface area contributed by atoms with Crippen molar-refractivity contribution in [2.24, 2.45) is 0 Å². The molecule has 0 amide bonds. The first kappa shape index (κ1) is 16.9. The smallest absolute Gasteiger partial charge is 0.337 e. The van der Waals surface area contributed by atoms with Crippen molar-refractivity contribution in [3.8, 4) is 22.6 Å². The van der Waals surface area contributed by atoms with Gasteiger partial charge < -0.3 is 19.9 Å². The third-order valence-electron chi connectivity index (χ3n) is 4.25. The molecule has 0 aromatic heterocycles. The second-order valence-corrected chi connectivity index (χ2v) is 6.06. The van der Waals surface area contributed by atoms with E-state index in [4.69, 9.17) is 9.47 Å². The molecule has 0 saturated heterocycles. The van der Waals surface area contributed by atoms with Crippen molar-refractivity contribution < 1.29 is 23.8 Å². The Morgan fingerprint density at radius 1 is 0.889 bits per heavy atom. The molecular formula is C21H16FNO4. The van der Waals surface area contributed by atoms with Crippen LogP contribution in [0, 0.1) is 5.82 Å². The minimum Gasteiger partial charge on any atom is -0.486 e. The highest BCUT2D eigenvalue weighted by atomic mass is 19.1. The Morgan fingerprint density at radius 3 is 2.30 bits per heavy atom. The van der Waals surface area contributed by atoms with Gasteiger partial charge in [0.05, 0.1) is 11.3 Å². The molecule has 0 fully saturated rings. The molecule has 0 radical (unpaired) electrons. The maximum Gasteiger partial charge on any atom is 0.337 e. The topological polar surface area (TPSA) is 67.8 Å². The molecule has 0 unspecified atom stereocenters. The zero-order valence-corrected chi connectivity index (χ0v) is 14.2. The van der Waals surface area contributed by atoms with Gasteiger partial charge in [0.15, 0.2) is 11.5 Å². The molecule has 1 heterocycles. The average molecular weight is 365 g/mol. The van der Waals surface area contributed by atoms with Crippen molar-refractivity contribution in [1.29, 1.82) is 0 Å². The van der Waals surface area contributed by atoms with Crippen molar-refractivity contribution >= 4 is 17.3 Å². The Morgan fingerprint density at radius 2 is 1.56 bits per heavy atom. The van der Waals surface area contributed by atoms with E-state index in [0.717, 1.165) is 11.1 Å². The van der Waals surface area contributed by atoms with Crippen molar-refractivity contribution in [1.82, 2.24) is 0 Å². The number of benzene rings is 3. The normalized spacial score (nSPS) is 12.5. The van der Waals surface area contributed by atoms with Crippen LogP contribution in [-0.4, -0.2) is 24.3 Å². The maximum atomic E-state index is 13.1. The molecular weight excluding hydrogens is 349 g/mol. The maximum absolute atomic E-state index is 13.1. The highest BCUT2D eigenvalue weighted by Crippen LogP contribution is 2.36. The van der Waals surface area contributed by atoms with Gasteiger partial charge in [0.2, 0.25) is 0 Å². The number of rotatable bonds is 4. The fraction of sp³-hybridized carbons (Fsp3) is 0.0952. The van der Waals surface area contributed by atoms with E-state index < -0.39 is 5.97 Å². The Bertz CT molecular complexity index is 1000. The van der Waals surface area contributed by atoms with Crippen molar-refractivity contribution in [3.63, 3.8) is 0 Å². The SMILES string of the molecule is O=C(O)c1ccc(-c2ccc3c(c2)OCCO3)cc1Nc1ccc(F)cc1. The van der Waals surface area contributed by atoms with Gasteiger partial charge in [0.25, 0.3) is 0 Å². The number of carboxylic acid groups (broad SMARTS) is 1. The van der Waals surface area contributed by atoms with Crippen LogP contribution in [0.5, 0.6) is 11.5 Å². The summed E-state index contributed by atoms with van der Waals surface area (Å²) in [5, 5.41) is 12.5. The number of hydrogen-bond donors (Lipinski definition) is 2. The third kappa shape index (κ3) is 3.55. The number of anilines is 2. The van der Waals surface area contributed by atoms with Gasteiger partial charge in [-0.2, -0.15) is 0 Å². The van der Waals surface area contributed by atoms with E-state index in [-0.39, 0.29) is 11.4 Å². The summed E-state index contributed by atoms with van der Waals surface area (Å²) in [7, 11) is 0. The van der Waals surface area contributed by atoms with Gasteiger partial charge in [-0.3, -0.25) is 0 Å². The van der Waals surface area contributed by atoms with Crippen molar-refractivity contribution in [2.45, 2.75) is 0 Å². The number of halogens is 1. The molecule has 2 N–H and O–H groups in total. The summed E-state index contributed by atoms with van der Waals surface area (Å²) in [6.07, 6.45) is 0. The monoisotopic (exact) mass is 365 g/mol. The van der Waals surface area contributed by atoms with E-state index >= 15 is 0 Å². The molecule has 3 aromatic rings. The number of fused-ring (bicyclic) bond motifs is 1. The Kier molecular flexibility index (Phi) is 4.38. The van der Waals surface area contributed by atoms with E-state index in [1.54, 1.807) is 30.3 Å². The summed E-state index contributed by atoms with van der Waals surface area (Å²) in [6, 6.07) is 16.4. The first-order valence-corrected chi connectivity index (χ1v) is 8.40. The summed E-state index contributed by atoms with van der Waals surface area (Å²) in [6.45, 7) is 1.01. The van der Waals surface area contributed by atoms with E-state index in [0.29, 0.717) is 36.1 Å². The summed E-state index contributed by atoms with van der Waals surface area (Å²) < 4.78 is 24.3. The van der Waals surface area contributed by atoms with Gasteiger partial charge in [-0.15, -0.1) is 0 Å². The number of ether oxygens (including phenoxy) is 2. The summed E-state index contributed by atoms with van der Waals surface area (Å²) in [5.74, 6) is -0.0525. The predicted octanol–water partition coefficient (Wildman–Crippen LogP) is 4.71. The van der Waals surface area contributed by atoms with E-state index in [2.05, 4.69) is 5.32 Å². The number of carbonyl (C=O) groups is 1. The number of nitrogens with one attached hydrogen (secondary N) is 1. The van der Waals surface area contributed by atoms with E-state index in [9.17, 15) is 14.3 Å². The molecule has 0 aliphatic carbocycles. The molecule has 0 atom stereocenters. The third-order valence-corrected chi connectivity index (χ3v) is 4.25. The first-order chi connectivity index (χ1) is 13.1. The fourth-order valence-electron chi connectivity index (χ4n) is 2.93. The molecule has 3 aromatic carbocycles. The molecule has 5 nitrogen and oxygen atoms in total. The zero-order valence-electron chi connectivity index (χ0n) is 14.2. The minimum atomic E-state index is -1.05. The Hall–Kier alpha value is -3.54. The Labute approximate surface area is 155 Å². The molecule has 0 saturated carbocycles. The largest absolute Gasteiger partial charge is 0.486 e. The lowest BCUT2D eigenvalue weighted by atomic mass is 10.0. The van der Waals surface area contributed by atoms with E-state index in [1.807, 2.05) is 18.2 Å². The van der Waals surface area contributed by atoms with Gasteiger partial charge in [-0.25, -0.2) is 9.18 Å². The lowest BCUT2D eigenvalue weighted by molar-refractivity contribution is 0.0698. The van der Waals surface area contributed by atoms with Crippen LogP contribution in [-0.2, 0) is 0 Å². The molecule has 0 bridgehead atoms.